The van der Waals surface area contributed by atoms with Gasteiger partial charge in [0.2, 0.25) is 5.91 Å². The van der Waals surface area contributed by atoms with Gasteiger partial charge < -0.3 is 4.90 Å². The monoisotopic (exact) mass is 434 g/mol. The van der Waals surface area contributed by atoms with Crippen LogP contribution in [0.15, 0.2) is 60.8 Å². The van der Waals surface area contributed by atoms with E-state index in [2.05, 4.69) is 27.2 Å². The summed E-state index contributed by atoms with van der Waals surface area (Å²) in [4.78, 5) is 16.8. The molecule has 0 radical (unpaired) electrons. The van der Waals surface area contributed by atoms with Gasteiger partial charge in [0.15, 0.2) is 0 Å². The van der Waals surface area contributed by atoms with Crippen molar-refractivity contribution >= 4 is 5.91 Å². The maximum atomic E-state index is 13.6. The van der Waals surface area contributed by atoms with Crippen LogP contribution in [0.5, 0.6) is 0 Å². The van der Waals surface area contributed by atoms with E-state index in [9.17, 15) is 9.18 Å². The van der Waals surface area contributed by atoms with E-state index in [0.717, 1.165) is 61.3 Å². The summed E-state index contributed by atoms with van der Waals surface area (Å²) in [5, 5.41) is 7.21. The Morgan fingerprint density at radius 3 is 2.69 bits per heavy atom. The predicted molar refractivity (Wildman–Crippen MR) is 124 cm³/mol. The molecule has 1 saturated heterocycles. The molecule has 1 fully saturated rings. The molecular weight excluding hydrogens is 403 g/mol. The first-order chi connectivity index (χ1) is 15.6. The first-order valence-electron chi connectivity index (χ1n) is 11.4. The maximum Gasteiger partial charge on any atom is 0.222 e. The fraction of sp³-hybridized carbons (Fsp3) is 0.385. The lowest BCUT2D eigenvalue weighted by Gasteiger charge is -2.32. The van der Waals surface area contributed by atoms with Crippen molar-refractivity contribution < 1.29 is 9.18 Å². The summed E-state index contributed by atoms with van der Waals surface area (Å²) in [6.45, 7) is 3.48. The van der Waals surface area contributed by atoms with Gasteiger partial charge in [-0.2, -0.15) is 5.10 Å². The molecule has 1 aromatic heterocycles. The molecule has 32 heavy (non-hydrogen) atoms. The van der Waals surface area contributed by atoms with E-state index in [1.807, 2.05) is 42.4 Å². The minimum absolute atomic E-state index is 0.217. The largest absolute Gasteiger partial charge is 0.341 e. The first-order valence-corrected chi connectivity index (χ1v) is 11.4. The number of carbonyl (C=O) groups excluding carboxylic acids is 1. The van der Waals surface area contributed by atoms with Crippen LogP contribution < -0.4 is 0 Å². The molecular formula is C26H31FN4O. The van der Waals surface area contributed by atoms with Crippen LogP contribution in [0.4, 0.5) is 4.39 Å². The Labute approximate surface area is 189 Å². The van der Waals surface area contributed by atoms with Gasteiger partial charge in [0.05, 0.1) is 11.9 Å². The zero-order valence-corrected chi connectivity index (χ0v) is 18.6. The second-order valence-corrected chi connectivity index (χ2v) is 8.77. The molecule has 0 saturated carbocycles. The average molecular weight is 435 g/mol. The predicted octanol–water partition coefficient (Wildman–Crippen LogP) is 4.87. The molecule has 2 aromatic carbocycles. The van der Waals surface area contributed by atoms with Gasteiger partial charge in [-0.25, -0.2) is 4.39 Å². The van der Waals surface area contributed by atoms with Crippen LogP contribution in [0.2, 0.25) is 0 Å². The van der Waals surface area contributed by atoms with Crippen LogP contribution in [0.3, 0.4) is 0 Å². The Morgan fingerprint density at radius 1 is 1.16 bits per heavy atom. The Bertz CT molecular complexity index is 1010. The number of halogens is 1. The highest BCUT2D eigenvalue weighted by Crippen LogP contribution is 2.27. The lowest BCUT2D eigenvalue weighted by atomic mass is 9.91. The molecule has 1 amide bonds. The standard InChI is InChI=1S/C26H31FN4O/c1-30(18-21-6-3-2-4-7-21)25(32)11-10-20-12-14-31(15-13-20)19-23-17-28-29-26(23)22-8-5-9-24(27)16-22/h2-9,16-17,20H,10-15,18-19H2,1H3,(H,28,29). The highest BCUT2D eigenvalue weighted by molar-refractivity contribution is 5.75. The molecule has 1 aliphatic heterocycles. The smallest absolute Gasteiger partial charge is 0.222 e. The van der Waals surface area contributed by atoms with E-state index >= 15 is 0 Å². The Balaban J connectivity index is 1.22. The average Bonchev–Trinajstić information content (AvgIpc) is 3.27. The summed E-state index contributed by atoms with van der Waals surface area (Å²) in [5.41, 5.74) is 3.96. The second-order valence-electron chi connectivity index (χ2n) is 8.77. The van der Waals surface area contributed by atoms with Crippen molar-refractivity contribution in [1.82, 2.24) is 20.0 Å². The van der Waals surface area contributed by atoms with E-state index in [-0.39, 0.29) is 11.7 Å². The number of aromatic nitrogens is 2. The minimum atomic E-state index is -0.243. The van der Waals surface area contributed by atoms with Crippen LogP contribution in [-0.4, -0.2) is 46.0 Å². The lowest BCUT2D eigenvalue weighted by molar-refractivity contribution is -0.130. The van der Waals surface area contributed by atoms with E-state index in [4.69, 9.17) is 0 Å². The Hall–Kier alpha value is -2.99. The van der Waals surface area contributed by atoms with Crippen molar-refractivity contribution in [2.45, 2.75) is 38.8 Å². The van der Waals surface area contributed by atoms with E-state index in [1.54, 1.807) is 6.07 Å². The molecule has 168 valence electrons. The summed E-state index contributed by atoms with van der Waals surface area (Å²) in [5.74, 6) is 0.564. The number of benzene rings is 2. The third-order valence-electron chi connectivity index (χ3n) is 6.39. The van der Waals surface area contributed by atoms with Gasteiger partial charge in [0, 0.05) is 37.7 Å². The fourth-order valence-corrected chi connectivity index (χ4v) is 4.46. The molecule has 1 aliphatic rings. The SMILES string of the molecule is CN(Cc1ccccc1)C(=O)CCC1CCN(Cc2cn[nH]c2-c2cccc(F)c2)CC1. The van der Waals surface area contributed by atoms with Gasteiger partial charge in [-0.15, -0.1) is 0 Å². The third kappa shape index (κ3) is 5.82. The third-order valence-corrected chi connectivity index (χ3v) is 6.39. The second kappa shape index (κ2) is 10.6. The summed E-state index contributed by atoms with van der Waals surface area (Å²) in [6.07, 6.45) is 5.60. The van der Waals surface area contributed by atoms with E-state index in [1.165, 1.54) is 12.1 Å². The van der Waals surface area contributed by atoms with Crippen molar-refractivity contribution in [2.24, 2.45) is 5.92 Å². The fourth-order valence-electron chi connectivity index (χ4n) is 4.46. The van der Waals surface area contributed by atoms with Crippen molar-refractivity contribution in [2.75, 3.05) is 20.1 Å². The summed E-state index contributed by atoms with van der Waals surface area (Å²) >= 11 is 0. The number of hydrogen-bond acceptors (Lipinski definition) is 3. The number of likely N-dealkylation sites (tertiary alicyclic amines) is 1. The molecule has 0 bridgehead atoms. The summed E-state index contributed by atoms with van der Waals surface area (Å²) in [7, 11) is 1.89. The molecule has 1 N–H and O–H groups in total. The van der Waals surface area contributed by atoms with Gasteiger partial charge in [-0.1, -0.05) is 42.5 Å². The number of H-pyrrole nitrogens is 1. The summed E-state index contributed by atoms with van der Waals surface area (Å²) in [6, 6.07) is 16.7. The van der Waals surface area contributed by atoms with Gasteiger partial charge in [0.25, 0.3) is 0 Å². The number of amides is 1. The van der Waals surface area contributed by atoms with Crippen molar-refractivity contribution in [3.8, 4) is 11.3 Å². The topological polar surface area (TPSA) is 52.2 Å². The molecule has 2 heterocycles. The maximum absolute atomic E-state index is 13.6. The zero-order chi connectivity index (χ0) is 22.3. The van der Waals surface area contributed by atoms with Crippen LogP contribution in [-0.2, 0) is 17.9 Å². The number of piperidine rings is 1. The molecule has 5 nitrogen and oxygen atoms in total. The molecule has 4 rings (SSSR count). The Kier molecular flexibility index (Phi) is 7.32. The molecule has 0 spiro atoms. The van der Waals surface area contributed by atoms with Crippen LogP contribution in [0, 0.1) is 11.7 Å². The number of hydrogen-bond donors (Lipinski definition) is 1. The molecule has 0 unspecified atom stereocenters. The van der Waals surface area contributed by atoms with Crippen LogP contribution in [0.25, 0.3) is 11.3 Å². The number of carbonyl (C=O) groups is 1. The van der Waals surface area contributed by atoms with E-state index < -0.39 is 0 Å². The van der Waals surface area contributed by atoms with Gasteiger partial charge in [0.1, 0.15) is 5.82 Å². The minimum Gasteiger partial charge on any atom is -0.341 e. The molecule has 0 aliphatic carbocycles. The normalized spacial score (nSPS) is 15.1. The van der Waals surface area contributed by atoms with Gasteiger partial charge in [-0.3, -0.25) is 14.8 Å². The lowest BCUT2D eigenvalue weighted by Crippen LogP contribution is -2.34. The molecule has 3 aromatic rings. The highest BCUT2D eigenvalue weighted by Gasteiger charge is 2.22. The molecule has 6 heteroatoms. The van der Waals surface area contributed by atoms with Crippen LogP contribution in [0.1, 0.15) is 36.8 Å². The van der Waals surface area contributed by atoms with Crippen molar-refractivity contribution in [1.29, 1.82) is 0 Å². The molecule has 0 atom stereocenters. The zero-order valence-electron chi connectivity index (χ0n) is 18.6. The van der Waals surface area contributed by atoms with Crippen molar-refractivity contribution in [3.05, 3.63) is 77.7 Å². The van der Waals surface area contributed by atoms with Crippen molar-refractivity contribution in [3.63, 3.8) is 0 Å². The quantitative estimate of drug-likeness (QED) is 0.551. The number of nitrogens with zero attached hydrogens (tertiary/aromatic N) is 3. The summed E-state index contributed by atoms with van der Waals surface area (Å²) < 4.78 is 13.6. The van der Waals surface area contributed by atoms with E-state index in [0.29, 0.717) is 18.9 Å². The Morgan fingerprint density at radius 2 is 1.94 bits per heavy atom. The number of nitrogens with one attached hydrogen (secondary N) is 1. The number of aromatic amines is 1. The van der Waals surface area contributed by atoms with Gasteiger partial charge >= 0.3 is 0 Å². The van der Waals surface area contributed by atoms with Gasteiger partial charge in [-0.05, 0) is 56.0 Å². The first kappa shape index (κ1) is 22.2. The van der Waals surface area contributed by atoms with Crippen LogP contribution >= 0.6 is 0 Å². The number of rotatable bonds is 8. The highest BCUT2D eigenvalue weighted by atomic mass is 19.1.